The monoisotopic (exact) mass is 138 g/mol. The maximum absolute atomic E-state index is 8.94. The molecule has 3 N–H and O–H groups in total. The molecule has 1 aromatic carbocycles. The predicted octanol–water partition coefficient (Wildman–Crippen LogP) is 0.293. The second-order valence-corrected chi connectivity index (χ2v) is 1.44. The van der Waals surface area contributed by atoms with Gasteiger partial charge in [0.15, 0.2) is 0 Å². The first-order valence-corrected chi connectivity index (χ1v) is 2.81. The highest BCUT2D eigenvalue weighted by Crippen LogP contribution is 1.79. The van der Waals surface area contributed by atoms with Crippen LogP contribution in [0.5, 0.6) is 0 Å². The summed E-state index contributed by atoms with van der Waals surface area (Å²) in [6, 6.07) is 12.0. The molecule has 0 unspecified atom stereocenters. The van der Waals surface area contributed by atoms with Crippen molar-refractivity contribution in [2.75, 3.05) is 0 Å². The first-order chi connectivity index (χ1) is 4.91. The molecule has 0 heterocycles. The summed E-state index contributed by atoms with van der Waals surface area (Å²) in [7, 11) is 0. The molecule has 0 aliphatic carbocycles. The fourth-order valence-corrected chi connectivity index (χ4v) is 0.385. The summed E-state index contributed by atoms with van der Waals surface area (Å²) in [6.07, 6.45) is 0.403. The number of hydrogen-bond acceptors (Lipinski definition) is 2. The Morgan fingerprint density at radius 1 is 1.00 bits per heavy atom. The molecule has 0 aliphatic rings. The van der Waals surface area contributed by atoms with Crippen LogP contribution in [0.4, 0.5) is 0 Å². The van der Waals surface area contributed by atoms with Crippen LogP contribution in [-0.4, -0.2) is 6.41 Å². The Morgan fingerprint density at radius 3 is 1.30 bits per heavy atom. The minimum atomic E-state index is 0.403. The Kier molecular flexibility index (Phi) is 6.62. The standard InChI is InChI=1S/C6H6.CH4N2O/c1-2-4-6-5-3-1;2-3-1-4/h1-6H;1H,2H2,(H,3,4). The summed E-state index contributed by atoms with van der Waals surface area (Å²) in [5.41, 5.74) is 1.75. The lowest BCUT2D eigenvalue weighted by Gasteiger charge is -1.69. The van der Waals surface area contributed by atoms with E-state index >= 15 is 0 Å². The highest BCUT2D eigenvalue weighted by Gasteiger charge is 1.57. The number of rotatable bonds is 1. The van der Waals surface area contributed by atoms with E-state index < -0.39 is 0 Å². The maximum atomic E-state index is 8.94. The zero-order valence-electron chi connectivity index (χ0n) is 5.53. The van der Waals surface area contributed by atoms with Crippen molar-refractivity contribution in [3.63, 3.8) is 0 Å². The lowest BCUT2D eigenvalue weighted by Crippen LogP contribution is -2.18. The van der Waals surface area contributed by atoms with Gasteiger partial charge in [0.05, 0.1) is 0 Å². The molecule has 3 heteroatoms. The van der Waals surface area contributed by atoms with Crippen LogP contribution < -0.4 is 11.3 Å². The summed E-state index contributed by atoms with van der Waals surface area (Å²) in [4.78, 5) is 8.94. The van der Waals surface area contributed by atoms with Crippen LogP contribution in [0.1, 0.15) is 0 Å². The van der Waals surface area contributed by atoms with Gasteiger partial charge in [0.25, 0.3) is 0 Å². The maximum Gasteiger partial charge on any atom is 0.221 e. The summed E-state index contributed by atoms with van der Waals surface area (Å²) in [5.74, 6) is 4.41. The molecule has 0 saturated heterocycles. The Hall–Kier alpha value is -1.35. The van der Waals surface area contributed by atoms with Crippen LogP contribution in [0, 0.1) is 0 Å². The van der Waals surface area contributed by atoms with Crippen molar-refractivity contribution in [2.24, 2.45) is 5.84 Å². The van der Waals surface area contributed by atoms with E-state index in [9.17, 15) is 0 Å². The van der Waals surface area contributed by atoms with E-state index in [2.05, 4.69) is 5.84 Å². The molecule has 1 rings (SSSR count). The third-order valence-corrected chi connectivity index (χ3v) is 0.735. The largest absolute Gasteiger partial charge is 0.297 e. The first kappa shape index (κ1) is 8.65. The molecule has 0 fully saturated rings. The van der Waals surface area contributed by atoms with E-state index in [-0.39, 0.29) is 0 Å². The first-order valence-electron chi connectivity index (χ1n) is 2.81. The summed E-state index contributed by atoms with van der Waals surface area (Å²) < 4.78 is 0. The molecule has 0 spiro atoms. The SMILES string of the molecule is NNC=O.c1ccccc1. The number of carbonyl (C=O) groups is 1. The molecule has 0 atom stereocenters. The van der Waals surface area contributed by atoms with Gasteiger partial charge < -0.3 is 0 Å². The van der Waals surface area contributed by atoms with Crippen LogP contribution in [0.25, 0.3) is 0 Å². The lowest BCUT2D eigenvalue weighted by atomic mass is 10.4. The van der Waals surface area contributed by atoms with Gasteiger partial charge in [-0.2, -0.15) is 0 Å². The fraction of sp³-hybridized carbons (Fsp3) is 0. The molecule has 54 valence electrons. The van der Waals surface area contributed by atoms with Crippen molar-refractivity contribution in [1.29, 1.82) is 0 Å². The number of hydrazine groups is 1. The summed E-state index contributed by atoms with van der Waals surface area (Å²) in [6.45, 7) is 0. The number of amides is 1. The highest BCUT2D eigenvalue weighted by atomic mass is 16.1. The van der Waals surface area contributed by atoms with Crippen molar-refractivity contribution in [3.05, 3.63) is 36.4 Å². The Morgan fingerprint density at radius 2 is 1.20 bits per heavy atom. The van der Waals surface area contributed by atoms with E-state index in [1.807, 2.05) is 36.4 Å². The molecule has 0 bridgehead atoms. The Labute approximate surface area is 59.8 Å². The number of hydrogen-bond donors (Lipinski definition) is 2. The smallest absolute Gasteiger partial charge is 0.221 e. The van der Waals surface area contributed by atoms with Gasteiger partial charge in [0.2, 0.25) is 6.41 Å². The van der Waals surface area contributed by atoms with Gasteiger partial charge in [-0.05, 0) is 0 Å². The second kappa shape index (κ2) is 7.65. The van der Waals surface area contributed by atoms with Gasteiger partial charge >= 0.3 is 0 Å². The van der Waals surface area contributed by atoms with Gasteiger partial charge in [-0.1, -0.05) is 36.4 Å². The van der Waals surface area contributed by atoms with Crippen molar-refractivity contribution in [1.82, 2.24) is 5.43 Å². The van der Waals surface area contributed by atoms with Crippen molar-refractivity contribution in [3.8, 4) is 0 Å². The highest BCUT2D eigenvalue weighted by molar-refractivity contribution is 5.44. The van der Waals surface area contributed by atoms with Crippen LogP contribution in [-0.2, 0) is 4.79 Å². The van der Waals surface area contributed by atoms with E-state index in [4.69, 9.17) is 4.79 Å². The molecule has 0 aliphatic heterocycles. The van der Waals surface area contributed by atoms with Gasteiger partial charge in [0.1, 0.15) is 0 Å². The molecule has 1 aromatic rings. The van der Waals surface area contributed by atoms with Gasteiger partial charge in [-0.25, -0.2) is 5.84 Å². The normalized spacial score (nSPS) is 6.90. The minimum Gasteiger partial charge on any atom is -0.297 e. The minimum absolute atomic E-state index is 0.403. The van der Waals surface area contributed by atoms with Crippen molar-refractivity contribution < 1.29 is 4.79 Å². The van der Waals surface area contributed by atoms with Crippen LogP contribution >= 0.6 is 0 Å². The molecular weight excluding hydrogens is 128 g/mol. The summed E-state index contributed by atoms with van der Waals surface area (Å²) >= 11 is 0. The lowest BCUT2D eigenvalue weighted by molar-refractivity contribution is -0.109. The van der Waals surface area contributed by atoms with E-state index in [1.54, 1.807) is 5.43 Å². The third-order valence-electron chi connectivity index (χ3n) is 0.735. The summed E-state index contributed by atoms with van der Waals surface area (Å²) in [5, 5.41) is 0. The van der Waals surface area contributed by atoms with Crippen molar-refractivity contribution in [2.45, 2.75) is 0 Å². The Bertz CT molecular complexity index is 126. The number of nitrogens with two attached hydrogens (primary N) is 1. The third kappa shape index (κ3) is 6.65. The zero-order valence-corrected chi connectivity index (χ0v) is 5.53. The Balaban J connectivity index is 0.000000180. The van der Waals surface area contributed by atoms with Crippen LogP contribution in [0.15, 0.2) is 36.4 Å². The van der Waals surface area contributed by atoms with Crippen molar-refractivity contribution >= 4 is 6.41 Å². The van der Waals surface area contributed by atoms with E-state index in [0.29, 0.717) is 6.41 Å². The van der Waals surface area contributed by atoms with E-state index in [1.165, 1.54) is 0 Å². The molecule has 1 amide bonds. The molecule has 3 nitrogen and oxygen atoms in total. The predicted molar refractivity (Wildman–Crippen MR) is 39.8 cm³/mol. The molecule has 0 aromatic heterocycles. The van der Waals surface area contributed by atoms with Gasteiger partial charge in [-0.15, -0.1) is 0 Å². The fourth-order valence-electron chi connectivity index (χ4n) is 0.385. The quantitative estimate of drug-likeness (QED) is 0.254. The van der Waals surface area contributed by atoms with Crippen LogP contribution in [0.3, 0.4) is 0 Å². The van der Waals surface area contributed by atoms with E-state index in [0.717, 1.165) is 0 Å². The molecular formula is C7H10N2O. The number of nitrogens with one attached hydrogen (secondary N) is 1. The molecule has 0 radical (unpaired) electrons. The topological polar surface area (TPSA) is 55.1 Å². The number of carbonyl (C=O) groups excluding carboxylic acids is 1. The zero-order chi connectivity index (χ0) is 7.66. The second-order valence-electron chi connectivity index (χ2n) is 1.44. The molecule has 0 saturated carbocycles. The molecule has 10 heavy (non-hydrogen) atoms. The van der Waals surface area contributed by atoms with Gasteiger partial charge in [-0.3, -0.25) is 10.2 Å². The number of benzene rings is 1. The average Bonchev–Trinajstić information content (AvgIpc) is 2.08. The average molecular weight is 138 g/mol. The van der Waals surface area contributed by atoms with Crippen LogP contribution in [0.2, 0.25) is 0 Å². The van der Waals surface area contributed by atoms with Gasteiger partial charge in [0, 0.05) is 0 Å².